The molecule has 2 aromatic heterocycles. The second-order valence-electron chi connectivity index (χ2n) is 11.2. The van der Waals surface area contributed by atoms with Crippen LogP contribution in [0.4, 0.5) is 5.69 Å². The summed E-state index contributed by atoms with van der Waals surface area (Å²) < 4.78 is 30.3. The topological polar surface area (TPSA) is 167 Å². The molecule has 6 aromatic rings. The van der Waals surface area contributed by atoms with Crippen molar-refractivity contribution in [1.29, 1.82) is 0 Å². The molecule has 6 rings (SSSR count). The number of nitrogen functional groups attached to an aromatic ring is 1. The van der Waals surface area contributed by atoms with E-state index in [1.807, 2.05) is 66.7 Å². The van der Waals surface area contributed by atoms with Gasteiger partial charge in [-0.2, -0.15) is 0 Å². The van der Waals surface area contributed by atoms with Gasteiger partial charge in [0.15, 0.2) is 0 Å². The molecule has 2 heterocycles. The van der Waals surface area contributed by atoms with Gasteiger partial charge in [-0.25, -0.2) is 29.5 Å². The molecule has 0 aliphatic rings. The highest BCUT2D eigenvalue weighted by Gasteiger charge is 2.15. The van der Waals surface area contributed by atoms with Gasteiger partial charge in [-0.05, 0) is 60.2 Å². The van der Waals surface area contributed by atoms with Gasteiger partial charge in [-0.1, -0.05) is 41.9 Å². The number of anilines is 1. The van der Waals surface area contributed by atoms with Crippen molar-refractivity contribution in [2.24, 2.45) is 0 Å². The molecule has 0 saturated carbocycles. The number of nitrogens with two attached hydrogens (primary N) is 1. The summed E-state index contributed by atoms with van der Waals surface area (Å²) in [6.45, 7) is 0. The van der Waals surface area contributed by atoms with Crippen LogP contribution in [0.5, 0.6) is 23.0 Å². The van der Waals surface area contributed by atoms with Gasteiger partial charge in [0.2, 0.25) is 0 Å². The van der Waals surface area contributed by atoms with Gasteiger partial charge in [0, 0.05) is 41.1 Å². The lowest BCUT2D eigenvalue weighted by Gasteiger charge is -2.10. The number of benzene rings is 4. The van der Waals surface area contributed by atoms with Crippen LogP contribution in [0.15, 0.2) is 110 Å². The average Bonchev–Trinajstić information content (AvgIpc) is 3.23. The number of aromatic nitrogens is 4. The van der Waals surface area contributed by atoms with Gasteiger partial charge in [-0.3, -0.25) is 0 Å². The number of methoxy groups -OCH3 is 6. The first kappa shape index (κ1) is 41.0. The molecule has 2 N–H and O–H groups in total. The van der Waals surface area contributed by atoms with Crippen LogP contribution >= 0.6 is 11.6 Å². The molecule has 0 unspecified atom stereocenters. The van der Waals surface area contributed by atoms with Crippen molar-refractivity contribution in [2.75, 3.05) is 48.4 Å². The molecule has 0 atom stereocenters. The van der Waals surface area contributed by atoms with E-state index in [1.165, 1.54) is 41.1 Å². The van der Waals surface area contributed by atoms with Gasteiger partial charge in [-0.15, -0.1) is 0 Å². The molecule has 55 heavy (non-hydrogen) atoms. The Morgan fingerprint density at radius 3 is 1.58 bits per heavy atom. The van der Waals surface area contributed by atoms with Crippen molar-refractivity contribution in [2.45, 2.75) is 6.42 Å². The Morgan fingerprint density at radius 2 is 1.05 bits per heavy atom. The zero-order valence-electron chi connectivity index (χ0n) is 31.1. The zero-order chi connectivity index (χ0) is 39.7. The number of rotatable bonds is 10. The SMILES string of the molecule is COC(=O)c1ccc(Cc2cc(-c3ccccc3OC)ncn2)cc1OC.COC(=O)c1ccc(N)cc1OC.COc1ccccc1-c1cc(Cl)ncn1. The Bertz CT molecular complexity index is 2220. The number of halogens is 1. The Morgan fingerprint density at radius 1 is 0.564 bits per heavy atom. The number of esters is 2. The largest absolute Gasteiger partial charge is 0.496 e. The smallest absolute Gasteiger partial charge is 0.341 e. The maximum absolute atomic E-state index is 11.8. The molecule has 0 spiro atoms. The van der Waals surface area contributed by atoms with E-state index in [0.717, 1.165) is 45.3 Å². The van der Waals surface area contributed by atoms with E-state index >= 15 is 0 Å². The van der Waals surface area contributed by atoms with E-state index in [1.54, 1.807) is 44.6 Å². The van der Waals surface area contributed by atoms with Gasteiger partial charge in [0.05, 0.1) is 54.0 Å². The van der Waals surface area contributed by atoms with E-state index in [9.17, 15) is 9.59 Å². The molecule has 14 heteroatoms. The average molecular weight is 766 g/mol. The number of carbonyl (C=O) groups excluding carboxylic acids is 2. The van der Waals surface area contributed by atoms with E-state index in [4.69, 9.17) is 41.0 Å². The van der Waals surface area contributed by atoms with Crippen LogP contribution in [-0.4, -0.2) is 74.5 Å². The highest BCUT2D eigenvalue weighted by atomic mass is 35.5. The van der Waals surface area contributed by atoms with Crippen LogP contribution < -0.4 is 24.7 Å². The Hall–Kier alpha value is -6.73. The van der Waals surface area contributed by atoms with Gasteiger partial charge >= 0.3 is 11.9 Å². The molecule has 0 bridgehead atoms. The first-order valence-corrected chi connectivity index (χ1v) is 16.9. The fraction of sp³-hybridized carbons (Fsp3) is 0.171. The van der Waals surface area contributed by atoms with E-state index < -0.39 is 11.9 Å². The predicted octanol–water partition coefficient (Wildman–Crippen LogP) is 7.41. The van der Waals surface area contributed by atoms with Crippen LogP contribution in [0.1, 0.15) is 32.0 Å². The number of para-hydroxylation sites is 2. The molecule has 284 valence electrons. The predicted molar refractivity (Wildman–Crippen MR) is 209 cm³/mol. The first-order valence-electron chi connectivity index (χ1n) is 16.5. The third-order valence-corrected chi connectivity index (χ3v) is 8.02. The first-order chi connectivity index (χ1) is 26.6. The monoisotopic (exact) mass is 765 g/mol. The van der Waals surface area contributed by atoms with Crippen LogP contribution in [0.25, 0.3) is 22.5 Å². The molecule has 0 radical (unpaired) electrons. The van der Waals surface area contributed by atoms with E-state index in [2.05, 4.69) is 24.7 Å². The summed E-state index contributed by atoms with van der Waals surface area (Å²) in [6.07, 6.45) is 3.55. The quantitative estimate of drug-likeness (QED) is 0.0833. The zero-order valence-corrected chi connectivity index (χ0v) is 31.9. The molecule has 13 nitrogen and oxygen atoms in total. The Balaban J connectivity index is 0.000000202. The molecule has 0 saturated heterocycles. The van der Waals surface area contributed by atoms with Crippen LogP contribution in [0.2, 0.25) is 5.15 Å². The minimum atomic E-state index is -0.433. The fourth-order valence-electron chi connectivity index (χ4n) is 5.15. The highest BCUT2D eigenvalue weighted by molar-refractivity contribution is 6.29. The standard InChI is InChI=1S/C21H20N2O4.C11H9ClN2O.C9H11NO3/c1-25-19-7-5-4-6-16(19)18-12-15(22-13-23-18)10-14-8-9-17(21(24)27-3)20(11-14)26-2;1-15-10-5-3-2-4-8(10)9-6-11(12)14-7-13-9;1-12-8-5-6(10)3-4-7(8)9(11)13-2/h4-9,11-13H,10H2,1-3H3;2-7H,1H3;3-5H,10H2,1-2H3. The summed E-state index contributed by atoms with van der Waals surface area (Å²) in [5, 5.41) is 0.422. The summed E-state index contributed by atoms with van der Waals surface area (Å²) >= 11 is 5.80. The van der Waals surface area contributed by atoms with Crippen LogP contribution in [-0.2, 0) is 15.9 Å². The van der Waals surface area contributed by atoms with Crippen LogP contribution in [0, 0.1) is 0 Å². The summed E-state index contributed by atoms with van der Waals surface area (Å²) in [7, 11) is 8.92. The summed E-state index contributed by atoms with van der Waals surface area (Å²) in [6, 6.07) is 29.1. The van der Waals surface area contributed by atoms with Gasteiger partial charge in [0.25, 0.3) is 0 Å². The van der Waals surface area contributed by atoms with Crippen molar-refractivity contribution in [1.82, 2.24) is 19.9 Å². The summed E-state index contributed by atoms with van der Waals surface area (Å²) in [5.41, 5.74) is 12.0. The molecular formula is C41H40ClN5O8. The minimum Gasteiger partial charge on any atom is -0.496 e. The Kier molecular flexibility index (Phi) is 15.3. The second-order valence-corrected chi connectivity index (χ2v) is 11.6. The van der Waals surface area contributed by atoms with E-state index in [-0.39, 0.29) is 0 Å². The molecule has 0 fully saturated rings. The Labute approximate surface area is 324 Å². The van der Waals surface area contributed by atoms with Crippen molar-refractivity contribution in [3.05, 3.63) is 137 Å². The number of carbonyl (C=O) groups is 2. The molecule has 4 aromatic carbocycles. The molecule has 0 amide bonds. The molecular weight excluding hydrogens is 726 g/mol. The third kappa shape index (κ3) is 11.1. The van der Waals surface area contributed by atoms with E-state index in [0.29, 0.717) is 39.9 Å². The lowest BCUT2D eigenvalue weighted by molar-refractivity contribution is 0.0588. The number of ether oxygens (including phenoxy) is 6. The van der Waals surface area contributed by atoms with Crippen molar-refractivity contribution >= 4 is 29.2 Å². The maximum Gasteiger partial charge on any atom is 0.341 e. The third-order valence-electron chi connectivity index (χ3n) is 7.81. The number of hydrogen-bond donors (Lipinski definition) is 1. The lowest BCUT2D eigenvalue weighted by Crippen LogP contribution is -2.05. The normalized spacial score (nSPS) is 10.0. The number of hydrogen-bond acceptors (Lipinski definition) is 13. The molecule has 0 aliphatic heterocycles. The van der Waals surface area contributed by atoms with Gasteiger partial charge in [0.1, 0.15) is 51.9 Å². The van der Waals surface area contributed by atoms with Crippen molar-refractivity contribution in [3.8, 4) is 45.5 Å². The second kappa shape index (κ2) is 20.5. The summed E-state index contributed by atoms with van der Waals surface area (Å²) in [5.74, 6) is 1.56. The van der Waals surface area contributed by atoms with Gasteiger partial charge < -0.3 is 34.2 Å². The van der Waals surface area contributed by atoms with Crippen molar-refractivity contribution < 1.29 is 38.0 Å². The van der Waals surface area contributed by atoms with Crippen molar-refractivity contribution in [3.63, 3.8) is 0 Å². The summed E-state index contributed by atoms with van der Waals surface area (Å²) in [4.78, 5) is 39.7. The highest BCUT2D eigenvalue weighted by Crippen LogP contribution is 2.30. The maximum atomic E-state index is 11.8. The fourth-order valence-corrected chi connectivity index (χ4v) is 5.30. The molecule has 0 aliphatic carbocycles. The number of nitrogens with zero attached hydrogens (tertiary/aromatic N) is 4. The minimum absolute atomic E-state index is 0.374. The van der Waals surface area contributed by atoms with Crippen LogP contribution in [0.3, 0.4) is 0 Å². The lowest BCUT2D eigenvalue weighted by atomic mass is 10.0.